The lowest BCUT2D eigenvalue weighted by Gasteiger charge is -2.41. The van der Waals surface area contributed by atoms with Crippen LogP contribution in [-0.4, -0.2) is 55.1 Å². The number of aliphatic carboxylic acids is 1. The average Bonchev–Trinajstić information content (AvgIpc) is 2.79. The average molecular weight is 612 g/mol. The predicted octanol–water partition coefficient (Wildman–Crippen LogP) is 8.42. The first-order valence-corrected chi connectivity index (χ1v) is 17.1. The minimum absolute atomic E-state index is 0.0419. The summed E-state index contributed by atoms with van der Waals surface area (Å²) in [5, 5.41) is 13.3. The van der Waals surface area contributed by atoms with E-state index in [4.69, 9.17) is 37.5 Å². The van der Waals surface area contributed by atoms with Crippen LogP contribution in [-0.2, 0) is 20.4 Å². The van der Waals surface area contributed by atoms with Gasteiger partial charge in [0.25, 0.3) is 0 Å². The number of amides is 1. The molecule has 222 valence electrons. The summed E-state index contributed by atoms with van der Waals surface area (Å²) >= 11 is 12.7. The molecule has 2 unspecified atom stereocenters. The largest absolute Gasteiger partial charge is 0.481 e. The van der Waals surface area contributed by atoms with Crippen LogP contribution in [0.15, 0.2) is 42.5 Å². The second-order valence-electron chi connectivity index (χ2n) is 12.7. The van der Waals surface area contributed by atoms with E-state index >= 15 is 0 Å². The number of benzene rings is 2. The summed E-state index contributed by atoms with van der Waals surface area (Å²) in [6, 6.07) is 12.4. The van der Waals surface area contributed by atoms with Gasteiger partial charge in [-0.15, -0.1) is 0 Å². The first-order valence-electron chi connectivity index (χ1n) is 13.5. The molecule has 40 heavy (non-hydrogen) atoms. The zero-order valence-corrected chi connectivity index (χ0v) is 27.6. The molecular formula is C30H44Cl2N2O5Si. The first kappa shape index (κ1) is 33.9. The molecule has 0 aliphatic carbocycles. The summed E-state index contributed by atoms with van der Waals surface area (Å²) in [6.07, 6.45) is -1.01. The van der Waals surface area contributed by atoms with Crippen LogP contribution >= 0.6 is 23.2 Å². The number of anilines is 1. The quantitative estimate of drug-likeness (QED) is 0.248. The highest BCUT2D eigenvalue weighted by molar-refractivity contribution is 6.74. The molecule has 1 amide bonds. The molecular weight excluding hydrogens is 567 g/mol. The van der Waals surface area contributed by atoms with E-state index in [0.717, 1.165) is 11.3 Å². The van der Waals surface area contributed by atoms with E-state index < -0.39 is 32.1 Å². The van der Waals surface area contributed by atoms with Crippen molar-refractivity contribution < 1.29 is 23.9 Å². The third-order valence-electron chi connectivity index (χ3n) is 6.98. The van der Waals surface area contributed by atoms with Crippen LogP contribution in [0.2, 0.25) is 28.2 Å². The Morgan fingerprint density at radius 1 is 1.05 bits per heavy atom. The molecule has 0 saturated heterocycles. The molecule has 0 spiro atoms. The second kappa shape index (κ2) is 13.6. The molecule has 2 rings (SSSR count). The van der Waals surface area contributed by atoms with E-state index in [1.165, 1.54) is 0 Å². The molecule has 7 nitrogen and oxygen atoms in total. The lowest BCUT2D eigenvalue weighted by Crippen LogP contribution is -2.49. The SMILES string of the molecule is CC(CNc1ccc(CC(=O)O)c(Cl)c1)N(CC(O[Si](C)(C)C(C)(C)C)c1cccc(Cl)c1)C(=O)OC(C)(C)C. The van der Waals surface area contributed by atoms with Crippen LogP contribution in [0.5, 0.6) is 0 Å². The maximum absolute atomic E-state index is 13.5. The van der Waals surface area contributed by atoms with Crippen molar-refractivity contribution in [1.29, 1.82) is 0 Å². The number of nitrogens with zero attached hydrogens (tertiary/aromatic N) is 1. The zero-order chi connectivity index (χ0) is 30.5. The molecule has 0 saturated carbocycles. The Balaban J connectivity index is 2.37. The topological polar surface area (TPSA) is 88.1 Å². The Hall–Kier alpha value is -2.26. The summed E-state index contributed by atoms with van der Waals surface area (Å²) in [5.41, 5.74) is 1.48. The molecule has 2 aromatic carbocycles. The van der Waals surface area contributed by atoms with Crippen molar-refractivity contribution >= 4 is 49.3 Å². The van der Waals surface area contributed by atoms with E-state index in [2.05, 4.69) is 39.2 Å². The standard InChI is InChI=1S/C30H44Cl2N2O5Si/c1-20(18-33-24-14-13-21(16-27(35)36)25(32)17-24)34(28(37)38-29(2,3)4)19-26(22-11-10-12-23(31)15-22)39-40(8,9)30(5,6)7/h10-15,17,20,26,33H,16,18-19H2,1-9H3,(H,35,36). The summed E-state index contributed by atoms with van der Waals surface area (Å²) in [6.45, 7) is 19.0. The van der Waals surface area contributed by atoms with Crippen LogP contribution in [0, 0.1) is 0 Å². The Morgan fingerprint density at radius 3 is 2.23 bits per heavy atom. The lowest BCUT2D eigenvalue weighted by atomic mass is 10.1. The number of carbonyl (C=O) groups is 2. The molecule has 0 aliphatic heterocycles. The zero-order valence-electron chi connectivity index (χ0n) is 25.1. The van der Waals surface area contributed by atoms with Gasteiger partial charge in [0.2, 0.25) is 0 Å². The number of nitrogens with one attached hydrogen (secondary N) is 1. The molecule has 2 aromatic rings. The van der Waals surface area contributed by atoms with Gasteiger partial charge in [-0.25, -0.2) is 4.79 Å². The predicted molar refractivity (Wildman–Crippen MR) is 166 cm³/mol. The monoisotopic (exact) mass is 610 g/mol. The molecule has 0 aromatic heterocycles. The fourth-order valence-corrected chi connectivity index (χ4v) is 5.44. The Bertz CT molecular complexity index is 1180. The van der Waals surface area contributed by atoms with Crippen molar-refractivity contribution in [3.05, 3.63) is 63.6 Å². The summed E-state index contributed by atoms with van der Waals surface area (Å²) in [5.74, 6) is -0.946. The fraction of sp³-hybridized carbons (Fsp3) is 0.533. The molecule has 2 atom stereocenters. The fourth-order valence-electron chi connectivity index (χ4n) is 3.72. The molecule has 0 bridgehead atoms. The minimum Gasteiger partial charge on any atom is -0.481 e. The van der Waals surface area contributed by atoms with Crippen LogP contribution in [0.4, 0.5) is 10.5 Å². The van der Waals surface area contributed by atoms with Crippen molar-refractivity contribution in [1.82, 2.24) is 4.90 Å². The van der Waals surface area contributed by atoms with E-state index in [9.17, 15) is 9.59 Å². The van der Waals surface area contributed by atoms with Gasteiger partial charge in [0.15, 0.2) is 8.32 Å². The number of halogens is 2. The van der Waals surface area contributed by atoms with Crippen LogP contribution in [0.1, 0.15) is 65.7 Å². The molecule has 0 radical (unpaired) electrons. The maximum atomic E-state index is 13.5. The van der Waals surface area contributed by atoms with Crippen molar-refractivity contribution in [2.45, 2.75) is 90.8 Å². The number of hydrogen-bond acceptors (Lipinski definition) is 5. The summed E-state index contributed by atoms with van der Waals surface area (Å²) < 4.78 is 12.7. The number of carbonyl (C=O) groups excluding carboxylic acids is 1. The van der Waals surface area contributed by atoms with E-state index in [-0.39, 0.29) is 24.0 Å². The van der Waals surface area contributed by atoms with Crippen molar-refractivity contribution in [2.75, 3.05) is 18.4 Å². The number of carboxylic acid groups (broad SMARTS) is 1. The van der Waals surface area contributed by atoms with Gasteiger partial charge in [-0.3, -0.25) is 4.79 Å². The van der Waals surface area contributed by atoms with Gasteiger partial charge >= 0.3 is 12.1 Å². The Labute approximate surface area is 250 Å². The number of ether oxygens (including phenoxy) is 1. The number of carboxylic acids is 1. The van der Waals surface area contributed by atoms with Gasteiger partial charge in [-0.05, 0) is 81.2 Å². The van der Waals surface area contributed by atoms with Crippen molar-refractivity contribution in [3.63, 3.8) is 0 Å². The third kappa shape index (κ3) is 10.3. The second-order valence-corrected chi connectivity index (χ2v) is 18.3. The van der Waals surface area contributed by atoms with Gasteiger partial charge in [0.05, 0.1) is 19.1 Å². The third-order valence-corrected chi connectivity index (χ3v) is 12.1. The van der Waals surface area contributed by atoms with Crippen molar-refractivity contribution in [3.8, 4) is 0 Å². The van der Waals surface area contributed by atoms with Crippen LogP contribution in [0.3, 0.4) is 0 Å². The molecule has 0 fully saturated rings. The van der Waals surface area contributed by atoms with Gasteiger partial charge in [-0.1, -0.05) is 62.2 Å². The summed E-state index contributed by atoms with van der Waals surface area (Å²) in [4.78, 5) is 26.3. The number of hydrogen-bond donors (Lipinski definition) is 2. The Morgan fingerprint density at radius 2 is 1.70 bits per heavy atom. The minimum atomic E-state index is -2.24. The van der Waals surface area contributed by atoms with E-state index in [1.54, 1.807) is 23.1 Å². The summed E-state index contributed by atoms with van der Waals surface area (Å²) in [7, 11) is -2.24. The first-order chi connectivity index (χ1) is 18.3. The Kier molecular flexibility index (Phi) is 11.5. The molecule has 2 N–H and O–H groups in total. The lowest BCUT2D eigenvalue weighted by molar-refractivity contribution is -0.136. The highest BCUT2D eigenvalue weighted by Gasteiger charge is 2.41. The molecule has 0 heterocycles. The van der Waals surface area contributed by atoms with Gasteiger partial charge < -0.3 is 24.5 Å². The highest BCUT2D eigenvalue weighted by atomic mass is 35.5. The van der Waals surface area contributed by atoms with E-state index in [0.29, 0.717) is 22.2 Å². The highest BCUT2D eigenvalue weighted by Crippen LogP contribution is 2.40. The molecule has 0 aliphatic rings. The van der Waals surface area contributed by atoms with Gasteiger partial charge in [0, 0.05) is 28.3 Å². The van der Waals surface area contributed by atoms with Gasteiger partial charge in [-0.2, -0.15) is 0 Å². The molecule has 10 heteroatoms. The maximum Gasteiger partial charge on any atom is 0.410 e. The van der Waals surface area contributed by atoms with Crippen LogP contribution < -0.4 is 5.32 Å². The normalized spacial score (nSPS) is 13.9. The van der Waals surface area contributed by atoms with Crippen LogP contribution in [0.25, 0.3) is 0 Å². The number of rotatable bonds is 11. The van der Waals surface area contributed by atoms with Crippen molar-refractivity contribution in [2.24, 2.45) is 0 Å². The van der Waals surface area contributed by atoms with Gasteiger partial charge in [0.1, 0.15) is 5.60 Å². The van der Waals surface area contributed by atoms with E-state index in [1.807, 2.05) is 52.0 Å². The smallest absolute Gasteiger partial charge is 0.410 e.